The van der Waals surface area contributed by atoms with Crippen LogP contribution in [0.15, 0.2) is 6.20 Å². The summed E-state index contributed by atoms with van der Waals surface area (Å²) in [4.78, 5) is 0. The SMILES string of the molecule is Cc1nn(Cc2cn(C)nn2)c(C)c1CNC1CC1. The van der Waals surface area contributed by atoms with Crippen LogP contribution in [-0.4, -0.2) is 30.8 Å². The van der Waals surface area contributed by atoms with Crippen molar-refractivity contribution in [2.45, 2.75) is 45.8 Å². The fourth-order valence-corrected chi connectivity index (χ4v) is 2.30. The molecule has 0 spiro atoms. The highest BCUT2D eigenvalue weighted by Gasteiger charge is 2.21. The number of aromatic nitrogens is 5. The van der Waals surface area contributed by atoms with Gasteiger partial charge in [0.2, 0.25) is 0 Å². The van der Waals surface area contributed by atoms with Gasteiger partial charge in [0, 0.05) is 37.1 Å². The number of nitrogens with zero attached hydrogens (tertiary/aromatic N) is 5. The van der Waals surface area contributed by atoms with E-state index in [-0.39, 0.29) is 0 Å². The van der Waals surface area contributed by atoms with Crippen LogP contribution in [-0.2, 0) is 20.1 Å². The topological polar surface area (TPSA) is 60.6 Å². The quantitative estimate of drug-likeness (QED) is 0.868. The van der Waals surface area contributed by atoms with E-state index in [0.717, 1.165) is 24.0 Å². The third-order valence-corrected chi connectivity index (χ3v) is 3.64. The maximum atomic E-state index is 4.61. The van der Waals surface area contributed by atoms with Gasteiger partial charge in [0.15, 0.2) is 0 Å². The average Bonchev–Trinajstić information content (AvgIpc) is 3.05. The number of hydrogen-bond acceptors (Lipinski definition) is 4. The molecular weight excluding hydrogens is 240 g/mol. The van der Waals surface area contributed by atoms with E-state index >= 15 is 0 Å². The maximum Gasteiger partial charge on any atom is 0.104 e. The van der Waals surface area contributed by atoms with Gasteiger partial charge < -0.3 is 5.32 Å². The third kappa shape index (κ3) is 2.68. The van der Waals surface area contributed by atoms with Crippen LogP contribution in [0.3, 0.4) is 0 Å². The van der Waals surface area contributed by atoms with E-state index in [4.69, 9.17) is 0 Å². The summed E-state index contributed by atoms with van der Waals surface area (Å²) < 4.78 is 3.74. The molecule has 3 rings (SSSR count). The summed E-state index contributed by atoms with van der Waals surface area (Å²) in [6, 6.07) is 0.724. The number of aryl methyl sites for hydroxylation is 2. The van der Waals surface area contributed by atoms with Gasteiger partial charge in [-0.2, -0.15) is 5.10 Å². The fourth-order valence-electron chi connectivity index (χ4n) is 2.30. The van der Waals surface area contributed by atoms with E-state index in [1.54, 1.807) is 4.68 Å². The number of hydrogen-bond donors (Lipinski definition) is 1. The largest absolute Gasteiger partial charge is 0.310 e. The molecule has 2 heterocycles. The van der Waals surface area contributed by atoms with Gasteiger partial charge in [-0.15, -0.1) is 5.10 Å². The minimum Gasteiger partial charge on any atom is -0.310 e. The predicted octanol–water partition coefficient (Wildman–Crippen LogP) is 0.929. The summed E-state index contributed by atoms with van der Waals surface area (Å²) >= 11 is 0. The number of rotatable bonds is 5. The van der Waals surface area contributed by atoms with Crippen molar-refractivity contribution in [2.75, 3.05) is 0 Å². The van der Waals surface area contributed by atoms with Crippen LogP contribution in [0.5, 0.6) is 0 Å². The van der Waals surface area contributed by atoms with Crippen molar-refractivity contribution >= 4 is 0 Å². The van der Waals surface area contributed by atoms with E-state index < -0.39 is 0 Å². The molecule has 1 N–H and O–H groups in total. The minimum atomic E-state index is 0.684. The lowest BCUT2D eigenvalue weighted by atomic mass is 10.2. The summed E-state index contributed by atoms with van der Waals surface area (Å²) in [5, 5.41) is 16.2. The highest BCUT2D eigenvalue weighted by atomic mass is 15.4. The Labute approximate surface area is 112 Å². The van der Waals surface area contributed by atoms with E-state index in [0.29, 0.717) is 6.54 Å². The molecule has 2 aromatic heterocycles. The second kappa shape index (κ2) is 4.77. The summed E-state index contributed by atoms with van der Waals surface area (Å²) in [6.07, 6.45) is 4.55. The van der Waals surface area contributed by atoms with Crippen LogP contribution in [0.25, 0.3) is 0 Å². The Morgan fingerprint density at radius 1 is 1.37 bits per heavy atom. The summed E-state index contributed by atoms with van der Waals surface area (Å²) in [5.41, 5.74) is 4.58. The first-order chi connectivity index (χ1) is 9.13. The zero-order valence-electron chi connectivity index (χ0n) is 11.7. The second-order valence-corrected chi connectivity index (χ2v) is 5.35. The van der Waals surface area contributed by atoms with Gasteiger partial charge in [-0.1, -0.05) is 5.21 Å². The predicted molar refractivity (Wildman–Crippen MR) is 71.7 cm³/mol. The third-order valence-electron chi connectivity index (χ3n) is 3.64. The van der Waals surface area contributed by atoms with E-state index in [2.05, 4.69) is 34.6 Å². The maximum absolute atomic E-state index is 4.61. The van der Waals surface area contributed by atoms with Gasteiger partial charge >= 0.3 is 0 Å². The molecule has 2 aromatic rings. The molecule has 19 heavy (non-hydrogen) atoms. The zero-order chi connectivity index (χ0) is 13.4. The number of nitrogens with one attached hydrogen (secondary N) is 1. The van der Waals surface area contributed by atoms with Crippen LogP contribution in [0.1, 0.15) is 35.5 Å². The zero-order valence-corrected chi connectivity index (χ0v) is 11.7. The van der Waals surface area contributed by atoms with Gasteiger partial charge in [-0.3, -0.25) is 9.36 Å². The van der Waals surface area contributed by atoms with E-state index in [9.17, 15) is 0 Å². The lowest BCUT2D eigenvalue weighted by molar-refractivity contribution is 0.639. The standard InChI is InChI=1S/C13H20N6/c1-9-13(6-14-11-4-5-11)10(2)19(16-9)8-12-7-18(3)17-15-12/h7,11,14H,4-6,8H2,1-3H3. The van der Waals surface area contributed by atoms with Crippen LogP contribution in [0.4, 0.5) is 0 Å². The van der Waals surface area contributed by atoms with Gasteiger partial charge in [0.25, 0.3) is 0 Å². The van der Waals surface area contributed by atoms with Gasteiger partial charge in [0.1, 0.15) is 5.69 Å². The molecule has 1 saturated carbocycles. The van der Waals surface area contributed by atoms with E-state index in [1.165, 1.54) is 24.1 Å². The Kier molecular flexibility index (Phi) is 3.10. The normalized spacial score (nSPS) is 15.1. The molecule has 0 radical (unpaired) electrons. The average molecular weight is 260 g/mol. The Bertz CT molecular complexity index is 578. The highest BCUT2D eigenvalue weighted by molar-refractivity contribution is 5.25. The van der Waals surface area contributed by atoms with Crippen molar-refractivity contribution in [3.63, 3.8) is 0 Å². The lowest BCUT2D eigenvalue weighted by Crippen LogP contribution is -2.16. The van der Waals surface area contributed by atoms with Crippen molar-refractivity contribution in [3.8, 4) is 0 Å². The minimum absolute atomic E-state index is 0.684. The molecule has 0 atom stereocenters. The molecule has 0 aliphatic heterocycles. The molecule has 6 heteroatoms. The van der Waals surface area contributed by atoms with Gasteiger partial charge in [0.05, 0.1) is 12.2 Å². The Morgan fingerprint density at radius 3 is 2.79 bits per heavy atom. The van der Waals surface area contributed by atoms with Crippen LogP contribution in [0, 0.1) is 13.8 Å². The van der Waals surface area contributed by atoms with Crippen molar-refractivity contribution in [2.24, 2.45) is 7.05 Å². The Morgan fingerprint density at radius 2 is 2.16 bits per heavy atom. The molecule has 0 unspecified atom stereocenters. The van der Waals surface area contributed by atoms with Crippen molar-refractivity contribution < 1.29 is 0 Å². The summed E-state index contributed by atoms with van der Waals surface area (Å²) in [5.74, 6) is 0. The molecule has 1 aliphatic carbocycles. The molecule has 6 nitrogen and oxygen atoms in total. The molecular formula is C13H20N6. The summed E-state index contributed by atoms with van der Waals surface area (Å²) in [6.45, 7) is 5.80. The molecule has 0 bridgehead atoms. The molecule has 1 aliphatic rings. The van der Waals surface area contributed by atoms with E-state index in [1.807, 2.05) is 17.9 Å². The van der Waals surface area contributed by atoms with Gasteiger partial charge in [-0.05, 0) is 26.7 Å². The monoisotopic (exact) mass is 260 g/mol. The Balaban J connectivity index is 1.75. The van der Waals surface area contributed by atoms with Crippen LogP contribution in [0.2, 0.25) is 0 Å². The lowest BCUT2D eigenvalue weighted by Gasteiger charge is -2.04. The molecule has 0 saturated heterocycles. The molecule has 102 valence electrons. The van der Waals surface area contributed by atoms with Crippen LogP contribution < -0.4 is 5.32 Å². The summed E-state index contributed by atoms with van der Waals surface area (Å²) in [7, 11) is 1.88. The smallest absolute Gasteiger partial charge is 0.104 e. The first-order valence-corrected chi connectivity index (χ1v) is 6.75. The first kappa shape index (κ1) is 12.3. The fraction of sp³-hybridized carbons (Fsp3) is 0.615. The van der Waals surface area contributed by atoms with Crippen molar-refractivity contribution in [3.05, 3.63) is 28.8 Å². The van der Waals surface area contributed by atoms with Crippen molar-refractivity contribution in [1.29, 1.82) is 0 Å². The second-order valence-electron chi connectivity index (χ2n) is 5.35. The van der Waals surface area contributed by atoms with Gasteiger partial charge in [-0.25, -0.2) is 0 Å². The van der Waals surface area contributed by atoms with Crippen LogP contribution >= 0.6 is 0 Å². The molecule has 1 fully saturated rings. The highest BCUT2D eigenvalue weighted by Crippen LogP contribution is 2.21. The first-order valence-electron chi connectivity index (χ1n) is 6.75. The molecule has 0 amide bonds. The Hall–Kier alpha value is -1.69. The van der Waals surface area contributed by atoms with Crippen molar-refractivity contribution in [1.82, 2.24) is 30.1 Å². The molecule has 0 aromatic carbocycles.